The summed E-state index contributed by atoms with van der Waals surface area (Å²) in [5.41, 5.74) is 8.40. The third-order valence-electron chi connectivity index (χ3n) is 3.23. The lowest BCUT2D eigenvalue weighted by atomic mass is 10.1. The summed E-state index contributed by atoms with van der Waals surface area (Å²) in [6, 6.07) is 0. The fourth-order valence-electron chi connectivity index (χ4n) is 2.43. The van der Waals surface area contributed by atoms with E-state index in [-0.39, 0.29) is 30.7 Å². The largest absolute Gasteiger partial charge is 0.452 e. The molecular weight excluding hydrogens is 288 g/mol. The summed E-state index contributed by atoms with van der Waals surface area (Å²) < 4.78 is 31.0. The Morgan fingerprint density at radius 3 is 2.35 bits per heavy atom. The van der Waals surface area contributed by atoms with Crippen molar-refractivity contribution in [2.24, 2.45) is 5.11 Å². The van der Waals surface area contributed by atoms with Gasteiger partial charge in [-0.3, -0.25) is 0 Å². The molecule has 0 spiro atoms. The Balaban J connectivity index is 2.67. The van der Waals surface area contributed by atoms with Crippen LogP contribution in [0.1, 0.15) is 25.7 Å². The van der Waals surface area contributed by atoms with E-state index in [1.54, 1.807) is 6.08 Å². The molecule has 2 amide bonds. The van der Waals surface area contributed by atoms with Gasteiger partial charge in [0.2, 0.25) is 0 Å². The van der Waals surface area contributed by atoms with Crippen molar-refractivity contribution in [3.05, 3.63) is 34.0 Å². The first kappa shape index (κ1) is 14.4. The van der Waals surface area contributed by atoms with Gasteiger partial charge < -0.3 is 0 Å². The average Bonchev–Trinajstić information content (AvgIpc) is 2.66. The maximum absolute atomic E-state index is 12.0. The molecule has 0 bridgehead atoms. The number of rotatable bonds is 3. The highest BCUT2D eigenvalue weighted by Crippen LogP contribution is 2.37. The molecule has 2 aliphatic rings. The van der Waals surface area contributed by atoms with Gasteiger partial charge in [0.15, 0.2) is 0 Å². The van der Waals surface area contributed by atoms with Crippen LogP contribution in [0.15, 0.2) is 28.7 Å². The Kier molecular flexibility index (Phi) is 3.48. The molecule has 10 heteroatoms. The van der Waals surface area contributed by atoms with Gasteiger partial charge in [0.05, 0.1) is 12.8 Å². The minimum Gasteiger partial charge on any atom is -0.240 e. The topological polar surface area (TPSA) is 137 Å². The molecular formula is C10H11N4O5S+. The number of carbonyl (C=O) groups is 2. The van der Waals surface area contributed by atoms with E-state index in [9.17, 15) is 22.6 Å². The number of likely N-dealkylation sites (tertiary alicyclic amines) is 1. The third-order valence-corrected chi connectivity index (χ3v) is 4.57. The lowest BCUT2D eigenvalue weighted by molar-refractivity contribution is -0.606. The molecule has 2 rings (SSSR count). The molecule has 106 valence electrons. The van der Waals surface area contributed by atoms with Gasteiger partial charge in [-0.25, -0.2) is 14.1 Å². The smallest absolute Gasteiger partial charge is 0.240 e. The highest BCUT2D eigenvalue weighted by Gasteiger charge is 2.62. The molecule has 1 aliphatic carbocycles. The number of amides is 2. The molecule has 0 aromatic rings. The van der Waals surface area contributed by atoms with Crippen LogP contribution in [0.4, 0.5) is 0 Å². The monoisotopic (exact) mass is 299 g/mol. The van der Waals surface area contributed by atoms with Crippen molar-refractivity contribution in [2.75, 3.05) is 0 Å². The summed E-state index contributed by atoms with van der Waals surface area (Å²) in [5, 5.41) is 3.32. The van der Waals surface area contributed by atoms with Crippen LogP contribution in [0, 0.1) is 0 Å². The van der Waals surface area contributed by atoms with Crippen molar-refractivity contribution >= 4 is 22.1 Å². The Hall–Kier alpha value is -2.00. The van der Waals surface area contributed by atoms with Gasteiger partial charge in [0, 0.05) is 23.1 Å². The molecule has 0 atom stereocenters. The first-order valence-electron chi connectivity index (χ1n) is 5.74. The lowest BCUT2D eigenvalue weighted by Crippen LogP contribution is -2.55. The molecule has 1 fully saturated rings. The second kappa shape index (κ2) is 4.84. The predicted octanol–water partition coefficient (Wildman–Crippen LogP) is 1.32. The van der Waals surface area contributed by atoms with Crippen LogP contribution >= 0.6 is 0 Å². The molecule has 0 aromatic heterocycles. The first-order chi connectivity index (χ1) is 9.34. The lowest BCUT2D eigenvalue weighted by Gasteiger charge is -2.27. The zero-order chi connectivity index (χ0) is 15.0. The predicted molar refractivity (Wildman–Crippen MR) is 65.6 cm³/mol. The van der Waals surface area contributed by atoms with E-state index in [1.807, 2.05) is 0 Å². The van der Waals surface area contributed by atoms with Gasteiger partial charge in [0.25, 0.3) is 0 Å². The highest BCUT2D eigenvalue weighted by molar-refractivity contribution is 7.81. The van der Waals surface area contributed by atoms with Crippen LogP contribution in [0.5, 0.6) is 0 Å². The second-order valence-electron chi connectivity index (χ2n) is 4.34. The zero-order valence-electron chi connectivity index (χ0n) is 10.3. The molecule has 20 heavy (non-hydrogen) atoms. The van der Waals surface area contributed by atoms with Crippen molar-refractivity contribution in [3.63, 3.8) is 0 Å². The van der Waals surface area contributed by atoms with Crippen LogP contribution < -0.4 is 0 Å². The quantitative estimate of drug-likeness (QED) is 0.209. The minimum atomic E-state index is -4.99. The van der Waals surface area contributed by atoms with E-state index in [2.05, 4.69) is 10.0 Å². The average molecular weight is 299 g/mol. The number of hydrogen-bond acceptors (Lipinski definition) is 5. The number of imide groups is 1. The Bertz CT molecular complexity index is 683. The fourth-order valence-corrected chi connectivity index (χ4v) is 3.57. The number of allylic oxidation sites excluding steroid dienone is 3. The van der Waals surface area contributed by atoms with Crippen LogP contribution in [0.3, 0.4) is 0 Å². The van der Waals surface area contributed by atoms with Crippen molar-refractivity contribution in [1.82, 2.24) is 0 Å². The standard InChI is InChI=1S/C10H10N4O5S/c11-13-12-7-2-1-3-8(6-7)14(20(17,18)19)9(15)4-5-10(14)16/h2,6H,1,3-5H2/p+1. The number of azide groups is 1. The molecule has 0 radical (unpaired) electrons. The van der Waals surface area contributed by atoms with Gasteiger partial charge in [-0.1, -0.05) is 11.2 Å². The summed E-state index contributed by atoms with van der Waals surface area (Å²) in [6.45, 7) is 0. The van der Waals surface area contributed by atoms with Crippen LogP contribution in [0.25, 0.3) is 10.4 Å². The van der Waals surface area contributed by atoms with E-state index in [4.69, 9.17) is 5.53 Å². The third kappa shape index (κ3) is 1.95. The van der Waals surface area contributed by atoms with Gasteiger partial charge in [-0.15, -0.1) is 8.42 Å². The minimum absolute atomic E-state index is 0.0927. The molecule has 1 aliphatic heterocycles. The van der Waals surface area contributed by atoms with E-state index in [0.717, 1.165) is 6.08 Å². The van der Waals surface area contributed by atoms with Crippen LogP contribution in [-0.4, -0.2) is 28.7 Å². The number of nitrogens with zero attached hydrogens (tertiary/aromatic N) is 4. The van der Waals surface area contributed by atoms with Crippen molar-refractivity contribution in [3.8, 4) is 0 Å². The van der Waals surface area contributed by atoms with Crippen LogP contribution in [0.2, 0.25) is 0 Å². The van der Waals surface area contributed by atoms with Gasteiger partial charge >= 0.3 is 22.1 Å². The molecule has 9 nitrogen and oxygen atoms in total. The SMILES string of the molecule is [N-]=[N+]=NC1=CCCC([N+]2(S(=O)(=O)O)C(=O)CCC2=O)=C1. The number of carbonyl (C=O) groups excluding carboxylic acids is 2. The maximum Gasteiger partial charge on any atom is 0.452 e. The maximum atomic E-state index is 12.0. The Labute approximate surface area is 114 Å². The van der Waals surface area contributed by atoms with Crippen molar-refractivity contribution in [2.45, 2.75) is 25.7 Å². The zero-order valence-corrected chi connectivity index (χ0v) is 11.1. The van der Waals surface area contributed by atoms with E-state index in [1.165, 1.54) is 0 Å². The van der Waals surface area contributed by atoms with E-state index in [0.29, 0.717) is 6.42 Å². The molecule has 1 saturated heterocycles. The molecule has 1 heterocycles. The summed E-state index contributed by atoms with van der Waals surface area (Å²) in [7, 11) is -4.99. The Morgan fingerprint density at radius 2 is 1.85 bits per heavy atom. The molecule has 0 unspecified atom stereocenters. The van der Waals surface area contributed by atoms with E-state index >= 15 is 0 Å². The molecule has 0 saturated carbocycles. The fraction of sp³-hybridized carbons (Fsp3) is 0.400. The number of hydrogen-bond donors (Lipinski definition) is 1. The van der Waals surface area contributed by atoms with Gasteiger partial charge in [-0.2, -0.15) is 0 Å². The molecule has 1 N–H and O–H groups in total. The first-order valence-corrected chi connectivity index (χ1v) is 7.13. The highest BCUT2D eigenvalue weighted by atomic mass is 32.2. The normalized spacial score (nSPS) is 22.1. The summed E-state index contributed by atoms with van der Waals surface area (Å²) in [6.07, 6.45) is 2.61. The van der Waals surface area contributed by atoms with Crippen LogP contribution in [-0.2, 0) is 19.9 Å². The van der Waals surface area contributed by atoms with Gasteiger partial charge in [-0.05, 0) is 15.8 Å². The summed E-state index contributed by atoms with van der Waals surface area (Å²) in [5.74, 6) is -1.79. The molecule has 0 aromatic carbocycles. The summed E-state index contributed by atoms with van der Waals surface area (Å²) >= 11 is 0. The van der Waals surface area contributed by atoms with Gasteiger partial charge in [0.1, 0.15) is 5.70 Å². The van der Waals surface area contributed by atoms with Crippen molar-refractivity contribution in [1.29, 1.82) is 0 Å². The van der Waals surface area contributed by atoms with Crippen molar-refractivity contribution < 1.29 is 26.4 Å². The second-order valence-corrected chi connectivity index (χ2v) is 5.78. The Morgan fingerprint density at radius 1 is 1.25 bits per heavy atom. The number of quaternary nitrogens is 1. The van der Waals surface area contributed by atoms with E-state index < -0.39 is 26.0 Å². The summed E-state index contributed by atoms with van der Waals surface area (Å²) in [4.78, 5) is 26.5.